The van der Waals surface area contributed by atoms with Gasteiger partial charge in [-0.15, -0.1) is 0 Å². The summed E-state index contributed by atoms with van der Waals surface area (Å²) in [6, 6.07) is -0.301. The van der Waals surface area contributed by atoms with Crippen LogP contribution < -0.4 is 5.32 Å². The molecule has 0 bridgehead atoms. The minimum atomic E-state index is -1.17. The van der Waals surface area contributed by atoms with Crippen LogP contribution in [-0.4, -0.2) is 28.1 Å². The zero-order chi connectivity index (χ0) is 13.7. The van der Waals surface area contributed by atoms with Crippen LogP contribution in [0.1, 0.15) is 67.2 Å². The fourth-order valence-electron chi connectivity index (χ4n) is 2.04. The van der Waals surface area contributed by atoms with E-state index in [0.717, 1.165) is 12.8 Å². The van der Waals surface area contributed by atoms with Gasteiger partial charge in [0.15, 0.2) is 5.78 Å². The Morgan fingerprint density at radius 1 is 1.12 bits per heavy atom. The Kier molecular flexibility index (Phi) is 6.35. The molecule has 1 unspecified atom stereocenters. The number of aliphatic hydroxyl groups is 1. The van der Waals surface area contributed by atoms with Gasteiger partial charge >= 0.3 is 0 Å². The molecule has 0 fully saturated rings. The van der Waals surface area contributed by atoms with Crippen molar-refractivity contribution in [3.05, 3.63) is 0 Å². The number of rotatable bonds is 8. The van der Waals surface area contributed by atoms with Crippen molar-refractivity contribution in [2.75, 3.05) is 0 Å². The molecular weight excluding hydrogens is 214 g/mol. The lowest BCUT2D eigenvalue weighted by Gasteiger charge is -2.35. The van der Waals surface area contributed by atoms with E-state index in [4.69, 9.17) is 0 Å². The summed E-state index contributed by atoms with van der Waals surface area (Å²) in [7, 11) is 0. The summed E-state index contributed by atoms with van der Waals surface area (Å²) in [6.07, 6.45) is 2.89. The second-order valence-corrected chi connectivity index (χ2v) is 5.24. The van der Waals surface area contributed by atoms with E-state index in [0.29, 0.717) is 12.8 Å². The molecule has 0 rings (SSSR count). The van der Waals surface area contributed by atoms with Gasteiger partial charge in [0.2, 0.25) is 0 Å². The first-order valence-electron chi connectivity index (χ1n) is 6.83. The van der Waals surface area contributed by atoms with Crippen molar-refractivity contribution in [3.8, 4) is 0 Å². The van der Waals surface area contributed by atoms with Gasteiger partial charge in [-0.05, 0) is 39.5 Å². The summed E-state index contributed by atoms with van der Waals surface area (Å²) in [5.41, 5.74) is -1.20. The lowest BCUT2D eigenvalue weighted by molar-refractivity contribution is -0.140. The molecule has 0 aliphatic rings. The molecular formula is C14H29NO2. The highest BCUT2D eigenvalue weighted by Crippen LogP contribution is 2.21. The minimum absolute atomic E-state index is 0.0303. The maximum Gasteiger partial charge on any atom is 0.180 e. The first-order chi connectivity index (χ1) is 7.78. The predicted octanol–water partition coefficient (Wildman–Crippen LogP) is 2.66. The highest BCUT2D eigenvalue weighted by Gasteiger charge is 2.37. The van der Waals surface area contributed by atoms with Gasteiger partial charge in [-0.1, -0.05) is 27.7 Å². The standard InChI is InChI=1S/C14H29NO2/c1-7-13(6,8-2)15-11(5)12(16)14(17,9-3)10-4/h11,15,17H,7-10H2,1-6H3. The van der Waals surface area contributed by atoms with Crippen molar-refractivity contribution in [1.29, 1.82) is 0 Å². The highest BCUT2D eigenvalue weighted by atomic mass is 16.3. The van der Waals surface area contributed by atoms with Crippen molar-refractivity contribution >= 4 is 5.78 Å². The molecule has 102 valence electrons. The van der Waals surface area contributed by atoms with E-state index in [1.54, 1.807) is 0 Å². The fraction of sp³-hybridized carbons (Fsp3) is 0.929. The summed E-state index contributed by atoms with van der Waals surface area (Å²) in [6.45, 7) is 11.9. The third kappa shape index (κ3) is 4.07. The molecule has 0 aromatic rings. The SMILES string of the molecule is CCC(C)(CC)NC(C)C(=O)C(O)(CC)CC. The molecule has 0 aliphatic carbocycles. The second-order valence-electron chi connectivity index (χ2n) is 5.24. The van der Waals surface area contributed by atoms with E-state index in [1.807, 2.05) is 20.8 Å². The summed E-state index contributed by atoms with van der Waals surface area (Å²) in [4.78, 5) is 12.2. The zero-order valence-corrected chi connectivity index (χ0v) is 12.3. The van der Waals surface area contributed by atoms with Crippen LogP contribution in [0.15, 0.2) is 0 Å². The van der Waals surface area contributed by atoms with Crippen molar-refractivity contribution in [3.63, 3.8) is 0 Å². The van der Waals surface area contributed by atoms with Gasteiger partial charge in [0.25, 0.3) is 0 Å². The van der Waals surface area contributed by atoms with Crippen LogP contribution in [0.4, 0.5) is 0 Å². The summed E-state index contributed by atoms with van der Waals surface area (Å²) in [5, 5.41) is 13.6. The van der Waals surface area contributed by atoms with Gasteiger partial charge < -0.3 is 10.4 Å². The van der Waals surface area contributed by atoms with Crippen molar-refractivity contribution < 1.29 is 9.90 Å². The molecule has 2 N–H and O–H groups in total. The lowest BCUT2D eigenvalue weighted by atomic mass is 9.86. The Morgan fingerprint density at radius 3 is 1.82 bits per heavy atom. The Hall–Kier alpha value is -0.410. The third-order valence-electron chi connectivity index (χ3n) is 4.15. The van der Waals surface area contributed by atoms with E-state index in [-0.39, 0.29) is 17.4 Å². The third-order valence-corrected chi connectivity index (χ3v) is 4.15. The summed E-state index contributed by atoms with van der Waals surface area (Å²) in [5.74, 6) is -0.0874. The van der Waals surface area contributed by atoms with E-state index in [2.05, 4.69) is 26.1 Å². The van der Waals surface area contributed by atoms with E-state index < -0.39 is 5.60 Å². The average Bonchev–Trinajstić information content (AvgIpc) is 2.36. The average molecular weight is 243 g/mol. The normalized spacial score (nSPS) is 14.8. The monoisotopic (exact) mass is 243 g/mol. The minimum Gasteiger partial charge on any atom is -0.382 e. The molecule has 0 spiro atoms. The number of carbonyl (C=O) groups is 1. The van der Waals surface area contributed by atoms with Crippen LogP contribution in [0.2, 0.25) is 0 Å². The molecule has 0 aromatic heterocycles. The second kappa shape index (κ2) is 6.50. The topological polar surface area (TPSA) is 49.3 Å². The number of hydrogen-bond donors (Lipinski definition) is 2. The molecule has 3 heteroatoms. The number of nitrogens with one attached hydrogen (secondary N) is 1. The van der Waals surface area contributed by atoms with E-state index in [1.165, 1.54) is 0 Å². The highest BCUT2D eigenvalue weighted by molar-refractivity contribution is 5.91. The van der Waals surface area contributed by atoms with Gasteiger partial charge in [0.05, 0.1) is 6.04 Å². The van der Waals surface area contributed by atoms with Crippen molar-refractivity contribution in [2.24, 2.45) is 0 Å². The number of hydrogen-bond acceptors (Lipinski definition) is 3. The molecule has 0 aromatic carbocycles. The summed E-state index contributed by atoms with van der Waals surface area (Å²) >= 11 is 0. The number of ketones is 1. The van der Waals surface area contributed by atoms with Crippen LogP contribution >= 0.6 is 0 Å². The van der Waals surface area contributed by atoms with Gasteiger partial charge in [0, 0.05) is 5.54 Å². The Labute approximate surface area is 106 Å². The van der Waals surface area contributed by atoms with E-state index >= 15 is 0 Å². The first kappa shape index (κ1) is 16.6. The largest absolute Gasteiger partial charge is 0.382 e. The van der Waals surface area contributed by atoms with Gasteiger partial charge in [0.1, 0.15) is 5.60 Å². The van der Waals surface area contributed by atoms with Gasteiger partial charge in [-0.25, -0.2) is 0 Å². The van der Waals surface area contributed by atoms with Crippen LogP contribution in [-0.2, 0) is 4.79 Å². The molecule has 3 nitrogen and oxygen atoms in total. The molecule has 0 saturated heterocycles. The fourth-order valence-corrected chi connectivity index (χ4v) is 2.04. The molecule has 0 radical (unpaired) electrons. The lowest BCUT2D eigenvalue weighted by Crippen LogP contribution is -2.55. The Balaban J connectivity index is 4.72. The number of carbonyl (C=O) groups excluding carboxylic acids is 1. The maximum atomic E-state index is 12.2. The Bertz CT molecular complexity index is 243. The molecule has 1 atom stereocenters. The summed E-state index contributed by atoms with van der Waals surface area (Å²) < 4.78 is 0. The smallest absolute Gasteiger partial charge is 0.180 e. The van der Waals surface area contributed by atoms with Crippen LogP contribution in [0, 0.1) is 0 Å². The van der Waals surface area contributed by atoms with E-state index in [9.17, 15) is 9.90 Å². The molecule has 0 aliphatic heterocycles. The molecule has 0 saturated carbocycles. The van der Waals surface area contributed by atoms with Crippen LogP contribution in [0.3, 0.4) is 0 Å². The molecule has 0 heterocycles. The zero-order valence-electron chi connectivity index (χ0n) is 12.3. The van der Waals surface area contributed by atoms with Crippen LogP contribution in [0.25, 0.3) is 0 Å². The van der Waals surface area contributed by atoms with Gasteiger partial charge in [-0.2, -0.15) is 0 Å². The van der Waals surface area contributed by atoms with Crippen molar-refractivity contribution in [1.82, 2.24) is 5.32 Å². The first-order valence-corrected chi connectivity index (χ1v) is 6.83. The predicted molar refractivity (Wildman–Crippen MR) is 72.1 cm³/mol. The maximum absolute atomic E-state index is 12.2. The van der Waals surface area contributed by atoms with Crippen molar-refractivity contribution in [2.45, 2.75) is 84.4 Å². The van der Waals surface area contributed by atoms with Gasteiger partial charge in [-0.3, -0.25) is 4.79 Å². The molecule has 0 amide bonds. The Morgan fingerprint density at radius 2 is 1.53 bits per heavy atom. The quantitative estimate of drug-likeness (QED) is 0.689. The number of Topliss-reactive ketones (excluding diaryl/α,β-unsaturated/α-hetero) is 1. The molecule has 17 heavy (non-hydrogen) atoms. The van der Waals surface area contributed by atoms with Crippen LogP contribution in [0.5, 0.6) is 0 Å².